The SMILES string of the molecule is C[C@@H]1CN(c2ccc(CCl)cc2F)C[C@H](C)O1. The van der Waals surface area contributed by atoms with E-state index in [1.54, 1.807) is 6.07 Å². The van der Waals surface area contributed by atoms with Crippen molar-refractivity contribution in [2.75, 3.05) is 18.0 Å². The summed E-state index contributed by atoms with van der Waals surface area (Å²) in [5.41, 5.74) is 1.45. The lowest BCUT2D eigenvalue weighted by Gasteiger charge is -2.37. The predicted molar refractivity (Wildman–Crippen MR) is 68.2 cm³/mol. The van der Waals surface area contributed by atoms with Crippen LogP contribution in [0.1, 0.15) is 19.4 Å². The number of benzene rings is 1. The molecule has 1 heterocycles. The molecule has 2 rings (SSSR count). The van der Waals surface area contributed by atoms with Gasteiger partial charge in [0.25, 0.3) is 0 Å². The molecule has 0 unspecified atom stereocenters. The van der Waals surface area contributed by atoms with E-state index in [1.807, 2.05) is 24.8 Å². The molecule has 0 amide bonds. The lowest BCUT2D eigenvalue weighted by Crippen LogP contribution is -2.45. The Morgan fingerprint density at radius 2 is 2.00 bits per heavy atom. The van der Waals surface area contributed by atoms with Crippen LogP contribution in [0.25, 0.3) is 0 Å². The van der Waals surface area contributed by atoms with Crippen molar-refractivity contribution in [3.8, 4) is 0 Å². The van der Waals surface area contributed by atoms with Crippen LogP contribution in [0.15, 0.2) is 18.2 Å². The van der Waals surface area contributed by atoms with E-state index in [0.717, 1.165) is 18.7 Å². The molecule has 1 aliphatic heterocycles. The monoisotopic (exact) mass is 257 g/mol. The molecule has 1 aromatic carbocycles. The van der Waals surface area contributed by atoms with E-state index in [2.05, 4.69) is 0 Å². The number of halogens is 2. The van der Waals surface area contributed by atoms with Gasteiger partial charge in [0.2, 0.25) is 0 Å². The predicted octanol–water partition coefficient (Wildman–Crippen LogP) is 3.18. The highest BCUT2D eigenvalue weighted by Gasteiger charge is 2.24. The first-order valence-electron chi connectivity index (χ1n) is 5.85. The number of hydrogen-bond acceptors (Lipinski definition) is 2. The number of rotatable bonds is 2. The number of ether oxygens (including phenoxy) is 1. The Kier molecular flexibility index (Phi) is 3.89. The minimum absolute atomic E-state index is 0.130. The zero-order chi connectivity index (χ0) is 12.4. The summed E-state index contributed by atoms with van der Waals surface area (Å²) in [5, 5.41) is 0. The van der Waals surface area contributed by atoms with Gasteiger partial charge < -0.3 is 9.64 Å². The molecule has 1 fully saturated rings. The first-order chi connectivity index (χ1) is 8.10. The third-order valence-corrected chi connectivity index (χ3v) is 3.24. The average molecular weight is 258 g/mol. The fourth-order valence-corrected chi connectivity index (χ4v) is 2.43. The molecule has 17 heavy (non-hydrogen) atoms. The molecule has 0 radical (unpaired) electrons. The van der Waals surface area contributed by atoms with E-state index >= 15 is 0 Å². The summed E-state index contributed by atoms with van der Waals surface area (Å²) >= 11 is 5.68. The van der Waals surface area contributed by atoms with E-state index < -0.39 is 0 Å². The van der Waals surface area contributed by atoms with Gasteiger partial charge in [0, 0.05) is 19.0 Å². The summed E-state index contributed by atoms with van der Waals surface area (Å²) in [5.74, 6) is 0.136. The maximum Gasteiger partial charge on any atom is 0.146 e. The Balaban J connectivity index is 2.21. The van der Waals surface area contributed by atoms with Crippen LogP contribution in [0.4, 0.5) is 10.1 Å². The van der Waals surface area contributed by atoms with Gasteiger partial charge in [0.1, 0.15) is 5.82 Å². The number of alkyl halides is 1. The summed E-state index contributed by atoms with van der Waals surface area (Å²) < 4.78 is 19.6. The van der Waals surface area contributed by atoms with Gasteiger partial charge in [0.05, 0.1) is 17.9 Å². The van der Waals surface area contributed by atoms with Crippen molar-refractivity contribution < 1.29 is 9.13 Å². The molecule has 0 aromatic heterocycles. The maximum absolute atomic E-state index is 13.9. The minimum Gasteiger partial charge on any atom is -0.372 e. The van der Waals surface area contributed by atoms with Crippen LogP contribution in [0.2, 0.25) is 0 Å². The standard InChI is InChI=1S/C13H17ClFNO/c1-9-7-16(8-10(2)17-9)13-4-3-11(6-14)5-12(13)15/h3-5,9-10H,6-8H2,1-2H3/t9-,10+. The van der Waals surface area contributed by atoms with Gasteiger partial charge >= 0.3 is 0 Å². The molecule has 0 aliphatic carbocycles. The second-order valence-corrected chi connectivity index (χ2v) is 4.85. The Labute approximate surface area is 106 Å². The third kappa shape index (κ3) is 2.90. The molecule has 0 N–H and O–H groups in total. The molecule has 94 valence electrons. The average Bonchev–Trinajstić information content (AvgIpc) is 2.27. The highest BCUT2D eigenvalue weighted by molar-refractivity contribution is 6.17. The molecular weight excluding hydrogens is 241 g/mol. The van der Waals surface area contributed by atoms with E-state index in [9.17, 15) is 4.39 Å². The molecule has 0 spiro atoms. The molecular formula is C13H17ClFNO. The van der Waals surface area contributed by atoms with Crippen molar-refractivity contribution in [3.63, 3.8) is 0 Å². The molecule has 2 nitrogen and oxygen atoms in total. The Morgan fingerprint density at radius 3 is 2.53 bits per heavy atom. The lowest BCUT2D eigenvalue weighted by molar-refractivity contribution is -0.00539. The van der Waals surface area contributed by atoms with E-state index in [0.29, 0.717) is 11.6 Å². The topological polar surface area (TPSA) is 12.5 Å². The fraction of sp³-hybridized carbons (Fsp3) is 0.538. The Hall–Kier alpha value is -0.800. The molecule has 2 atom stereocenters. The molecule has 0 saturated carbocycles. The molecule has 1 aromatic rings. The fourth-order valence-electron chi connectivity index (χ4n) is 2.26. The van der Waals surface area contributed by atoms with Crippen molar-refractivity contribution in [1.82, 2.24) is 0 Å². The van der Waals surface area contributed by atoms with Gasteiger partial charge in [-0.05, 0) is 31.5 Å². The first-order valence-corrected chi connectivity index (χ1v) is 6.38. The molecule has 0 bridgehead atoms. The number of anilines is 1. The highest BCUT2D eigenvalue weighted by atomic mass is 35.5. The van der Waals surface area contributed by atoms with Gasteiger partial charge in [-0.25, -0.2) is 4.39 Å². The Morgan fingerprint density at radius 1 is 1.35 bits per heavy atom. The maximum atomic E-state index is 13.9. The summed E-state index contributed by atoms with van der Waals surface area (Å²) in [6, 6.07) is 5.18. The van der Waals surface area contributed by atoms with Crippen molar-refractivity contribution in [3.05, 3.63) is 29.6 Å². The highest BCUT2D eigenvalue weighted by Crippen LogP contribution is 2.24. The second kappa shape index (κ2) is 5.23. The summed E-state index contributed by atoms with van der Waals surface area (Å²) in [6.07, 6.45) is 0.261. The van der Waals surface area contributed by atoms with Crippen molar-refractivity contribution >= 4 is 17.3 Å². The Bertz CT molecular complexity index is 389. The zero-order valence-electron chi connectivity index (χ0n) is 10.1. The quantitative estimate of drug-likeness (QED) is 0.755. The van der Waals surface area contributed by atoms with Gasteiger partial charge in [-0.15, -0.1) is 11.6 Å². The van der Waals surface area contributed by atoms with E-state index in [4.69, 9.17) is 16.3 Å². The van der Waals surface area contributed by atoms with Gasteiger partial charge in [0.15, 0.2) is 0 Å². The number of hydrogen-bond donors (Lipinski definition) is 0. The molecule has 4 heteroatoms. The summed E-state index contributed by atoms with van der Waals surface area (Å²) in [6.45, 7) is 5.46. The largest absolute Gasteiger partial charge is 0.372 e. The van der Waals surface area contributed by atoms with Gasteiger partial charge in [-0.2, -0.15) is 0 Å². The second-order valence-electron chi connectivity index (χ2n) is 4.58. The normalized spacial score (nSPS) is 25.1. The van der Waals surface area contributed by atoms with Crippen LogP contribution in [0, 0.1) is 5.82 Å². The van der Waals surface area contributed by atoms with Crippen molar-refractivity contribution in [1.29, 1.82) is 0 Å². The van der Waals surface area contributed by atoms with Crippen LogP contribution in [0.5, 0.6) is 0 Å². The van der Waals surface area contributed by atoms with Crippen LogP contribution in [-0.2, 0) is 10.6 Å². The first kappa shape index (κ1) is 12.7. The van der Waals surface area contributed by atoms with E-state index in [-0.39, 0.29) is 18.0 Å². The van der Waals surface area contributed by atoms with E-state index in [1.165, 1.54) is 6.07 Å². The third-order valence-electron chi connectivity index (χ3n) is 2.93. The number of nitrogens with zero attached hydrogens (tertiary/aromatic N) is 1. The summed E-state index contributed by atoms with van der Waals surface area (Å²) in [7, 11) is 0. The number of morpholine rings is 1. The lowest BCUT2D eigenvalue weighted by atomic mass is 10.1. The smallest absolute Gasteiger partial charge is 0.146 e. The van der Waals surface area contributed by atoms with Crippen molar-refractivity contribution in [2.24, 2.45) is 0 Å². The van der Waals surface area contributed by atoms with Crippen molar-refractivity contribution in [2.45, 2.75) is 31.9 Å². The van der Waals surface area contributed by atoms with Crippen LogP contribution < -0.4 is 4.90 Å². The van der Waals surface area contributed by atoms with Gasteiger partial charge in [-0.3, -0.25) is 0 Å². The van der Waals surface area contributed by atoms with Crippen LogP contribution >= 0.6 is 11.6 Å². The summed E-state index contributed by atoms with van der Waals surface area (Å²) in [4.78, 5) is 2.03. The molecule has 1 saturated heterocycles. The van der Waals surface area contributed by atoms with Crippen LogP contribution in [0.3, 0.4) is 0 Å². The van der Waals surface area contributed by atoms with Crippen LogP contribution in [-0.4, -0.2) is 25.3 Å². The minimum atomic E-state index is -0.204. The van der Waals surface area contributed by atoms with Gasteiger partial charge in [-0.1, -0.05) is 6.07 Å². The molecule has 1 aliphatic rings. The zero-order valence-corrected chi connectivity index (χ0v) is 10.9.